The van der Waals surface area contributed by atoms with Gasteiger partial charge in [0.15, 0.2) is 11.5 Å². The Morgan fingerprint density at radius 1 is 1.00 bits per heavy atom. The molecule has 7 nitrogen and oxygen atoms in total. The lowest BCUT2D eigenvalue weighted by atomic mass is 10.0. The molecule has 0 N–H and O–H groups in total. The van der Waals surface area contributed by atoms with Gasteiger partial charge in [-0.2, -0.15) is 0 Å². The summed E-state index contributed by atoms with van der Waals surface area (Å²) in [5.74, 6) is -0.279. The third kappa shape index (κ3) is 4.99. The van der Waals surface area contributed by atoms with Crippen molar-refractivity contribution in [2.24, 2.45) is 0 Å². The fourth-order valence-electron chi connectivity index (χ4n) is 3.66. The summed E-state index contributed by atoms with van der Waals surface area (Å²) in [5, 5.41) is 0.464. The molecule has 0 amide bonds. The van der Waals surface area contributed by atoms with Crippen LogP contribution in [0.5, 0.6) is 17.2 Å². The Kier molecular flexibility index (Phi) is 7.45. The van der Waals surface area contributed by atoms with Crippen LogP contribution in [-0.2, 0) is 11.3 Å². The second kappa shape index (κ2) is 10.7. The van der Waals surface area contributed by atoms with E-state index < -0.39 is 17.2 Å². The first-order valence-corrected chi connectivity index (χ1v) is 11.3. The van der Waals surface area contributed by atoms with Crippen LogP contribution >= 0.6 is 11.6 Å². The molecule has 0 aliphatic rings. The number of methoxy groups -OCH3 is 2. The molecule has 1 heterocycles. The molecule has 0 atom stereocenters. The summed E-state index contributed by atoms with van der Waals surface area (Å²) in [5.41, 5.74) is 0.719. The maximum Gasteiger partial charge on any atom is 0.375 e. The number of rotatable bonds is 8. The third-order valence-electron chi connectivity index (χ3n) is 5.41. The molecule has 0 radical (unpaired) electrons. The SMILES string of the molecule is CCOC(=O)c1oc2cc(OCc3ccc(F)cc3Cl)ccc2c(=O)c1-c1ccc(OC)c(OC)c1. The number of ether oxygens (including phenoxy) is 4. The van der Waals surface area contributed by atoms with Crippen molar-refractivity contribution in [2.75, 3.05) is 20.8 Å². The standard InChI is InChI=1S/C27H22ClFO7/c1-4-34-27(31)26-24(15-6-10-21(32-2)23(11-15)33-3)25(30)19-9-8-18(13-22(19)36-26)35-14-16-5-7-17(29)12-20(16)28/h5-13H,4,14H2,1-3H3. The summed E-state index contributed by atoms with van der Waals surface area (Å²) in [4.78, 5) is 26.3. The first kappa shape index (κ1) is 25.1. The fraction of sp³-hybridized carbons (Fsp3) is 0.185. The molecule has 4 rings (SSSR count). The van der Waals surface area contributed by atoms with Crippen LogP contribution in [-0.4, -0.2) is 26.8 Å². The highest BCUT2D eigenvalue weighted by Gasteiger charge is 2.24. The molecule has 0 aliphatic carbocycles. The lowest BCUT2D eigenvalue weighted by molar-refractivity contribution is 0.0492. The van der Waals surface area contributed by atoms with Crippen LogP contribution in [0.3, 0.4) is 0 Å². The van der Waals surface area contributed by atoms with Gasteiger partial charge >= 0.3 is 5.97 Å². The minimum Gasteiger partial charge on any atom is -0.493 e. The van der Waals surface area contributed by atoms with Gasteiger partial charge in [-0.25, -0.2) is 9.18 Å². The Bertz CT molecular complexity index is 1500. The van der Waals surface area contributed by atoms with Gasteiger partial charge in [0.05, 0.1) is 36.8 Å². The molecule has 0 fully saturated rings. The van der Waals surface area contributed by atoms with Crippen molar-refractivity contribution in [3.63, 3.8) is 0 Å². The molecule has 3 aromatic carbocycles. The van der Waals surface area contributed by atoms with Crippen LogP contribution in [0.2, 0.25) is 5.02 Å². The van der Waals surface area contributed by atoms with E-state index in [2.05, 4.69) is 0 Å². The number of carbonyl (C=O) groups excluding carboxylic acids is 1. The molecule has 0 unspecified atom stereocenters. The van der Waals surface area contributed by atoms with Crippen LogP contribution in [0.25, 0.3) is 22.1 Å². The molecule has 0 aliphatic heterocycles. The van der Waals surface area contributed by atoms with E-state index in [-0.39, 0.29) is 40.5 Å². The lowest BCUT2D eigenvalue weighted by Gasteiger charge is -2.13. The Morgan fingerprint density at radius 2 is 1.78 bits per heavy atom. The number of esters is 1. The van der Waals surface area contributed by atoms with Gasteiger partial charge in [-0.05, 0) is 48.9 Å². The van der Waals surface area contributed by atoms with Gasteiger partial charge in [0.2, 0.25) is 11.2 Å². The zero-order valence-electron chi connectivity index (χ0n) is 19.7. The number of benzene rings is 3. The highest BCUT2D eigenvalue weighted by atomic mass is 35.5. The second-order valence-electron chi connectivity index (χ2n) is 7.61. The maximum absolute atomic E-state index is 13.5. The smallest absolute Gasteiger partial charge is 0.375 e. The van der Waals surface area contributed by atoms with E-state index in [1.165, 1.54) is 38.5 Å². The topological polar surface area (TPSA) is 84.2 Å². The highest BCUT2D eigenvalue weighted by molar-refractivity contribution is 6.31. The van der Waals surface area contributed by atoms with E-state index in [4.69, 9.17) is 35.0 Å². The van der Waals surface area contributed by atoms with E-state index in [9.17, 15) is 14.0 Å². The van der Waals surface area contributed by atoms with E-state index in [0.717, 1.165) is 0 Å². The maximum atomic E-state index is 13.5. The third-order valence-corrected chi connectivity index (χ3v) is 5.76. The van der Waals surface area contributed by atoms with Gasteiger partial charge < -0.3 is 23.4 Å². The quantitative estimate of drug-likeness (QED) is 0.267. The van der Waals surface area contributed by atoms with Crippen LogP contribution in [0.15, 0.2) is 63.8 Å². The summed E-state index contributed by atoms with van der Waals surface area (Å²) in [6, 6.07) is 13.5. The molecule has 36 heavy (non-hydrogen) atoms. The Morgan fingerprint density at radius 3 is 2.47 bits per heavy atom. The minimum atomic E-state index is -0.786. The molecule has 0 bridgehead atoms. The molecular formula is C27H22ClFO7. The predicted molar refractivity (Wildman–Crippen MR) is 133 cm³/mol. The molecule has 186 valence electrons. The predicted octanol–water partition coefficient (Wildman–Crippen LogP) is 6.03. The Labute approximate surface area is 210 Å². The summed E-state index contributed by atoms with van der Waals surface area (Å²) in [6.07, 6.45) is 0. The van der Waals surface area contributed by atoms with Crippen molar-refractivity contribution in [1.82, 2.24) is 0 Å². The van der Waals surface area contributed by atoms with Gasteiger partial charge in [-0.3, -0.25) is 4.79 Å². The van der Waals surface area contributed by atoms with Gasteiger partial charge in [-0.1, -0.05) is 23.7 Å². The van der Waals surface area contributed by atoms with Gasteiger partial charge in [-0.15, -0.1) is 0 Å². The molecule has 9 heteroatoms. The largest absolute Gasteiger partial charge is 0.493 e. The molecule has 0 saturated heterocycles. The zero-order chi connectivity index (χ0) is 25.8. The first-order chi connectivity index (χ1) is 17.4. The van der Waals surface area contributed by atoms with Crippen LogP contribution in [0, 0.1) is 5.82 Å². The molecule has 4 aromatic rings. The Balaban J connectivity index is 1.79. The van der Waals surface area contributed by atoms with Gasteiger partial charge in [0.1, 0.15) is 23.8 Å². The summed E-state index contributed by atoms with van der Waals surface area (Å²) < 4.78 is 40.7. The number of hydrogen-bond donors (Lipinski definition) is 0. The van der Waals surface area contributed by atoms with E-state index in [1.54, 1.807) is 37.3 Å². The van der Waals surface area contributed by atoms with Crippen molar-refractivity contribution in [3.8, 4) is 28.4 Å². The van der Waals surface area contributed by atoms with Crippen LogP contribution in [0.1, 0.15) is 23.0 Å². The number of fused-ring (bicyclic) bond motifs is 1. The number of halogens is 2. The van der Waals surface area contributed by atoms with Gasteiger partial charge in [0.25, 0.3) is 0 Å². The molecule has 1 aromatic heterocycles. The van der Waals surface area contributed by atoms with Crippen molar-refractivity contribution in [1.29, 1.82) is 0 Å². The second-order valence-corrected chi connectivity index (χ2v) is 8.02. The normalized spacial score (nSPS) is 10.8. The average Bonchev–Trinajstić information content (AvgIpc) is 2.87. The van der Waals surface area contributed by atoms with Crippen molar-refractivity contribution < 1.29 is 32.5 Å². The van der Waals surface area contributed by atoms with E-state index >= 15 is 0 Å². The Hall–Kier alpha value is -4.04. The van der Waals surface area contributed by atoms with E-state index in [0.29, 0.717) is 28.4 Å². The lowest BCUT2D eigenvalue weighted by Crippen LogP contribution is -2.15. The zero-order valence-corrected chi connectivity index (χ0v) is 20.5. The van der Waals surface area contributed by atoms with Gasteiger partial charge in [0, 0.05) is 11.6 Å². The van der Waals surface area contributed by atoms with Crippen LogP contribution in [0.4, 0.5) is 4.39 Å². The fourth-order valence-corrected chi connectivity index (χ4v) is 3.88. The van der Waals surface area contributed by atoms with Crippen molar-refractivity contribution in [3.05, 3.63) is 87.0 Å². The molecule has 0 saturated carbocycles. The van der Waals surface area contributed by atoms with E-state index in [1.807, 2.05) is 0 Å². The monoisotopic (exact) mass is 512 g/mol. The average molecular weight is 513 g/mol. The van der Waals surface area contributed by atoms with Crippen molar-refractivity contribution >= 4 is 28.5 Å². The first-order valence-electron chi connectivity index (χ1n) is 10.9. The van der Waals surface area contributed by atoms with Crippen molar-refractivity contribution in [2.45, 2.75) is 13.5 Å². The number of carbonyl (C=O) groups is 1. The number of hydrogen-bond acceptors (Lipinski definition) is 7. The van der Waals surface area contributed by atoms with Crippen LogP contribution < -0.4 is 19.6 Å². The highest BCUT2D eigenvalue weighted by Crippen LogP contribution is 2.34. The summed E-state index contributed by atoms with van der Waals surface area (Å²) >= 11 is 6.07. The minimum absolute atomic E-state index is 0.0358. The summed E-state index contributed by atoms with van der Waals surface area (Å²) in [6.45, 7) is 1.80. The summed E-state index contributed by atoms with van der Waals surface area (Å²) in [7, 11) is 2.97. The molecular weight excluding hydrogens is 491 g/mol. The molecule has 0 spiro atoms.